The number of nitrogens with one attached hydrogen (secondary N) is 1. The topological polar surface area (TPSA) is 47.6 Å². The SMILES string of the molecule is C=C[C@H]1OC(C)(C)O[C@@H]1[C@H]1CNC(=O)C1. The summed E-state index contributed by atoms with van der Waals surface area (Å²) in [6.07, 6.45) is 2.10. The highest BCUT2D eigenvalue weighted by Crippen LogP contribution is 2.34. The minimum atomic E-state index is -0.574. The monoisotopic (exact) mass is 211 g/mol. The van der Waals surface area contributed by atoms with Crippen LogP contribution in [0.1, 0.15) is 20.3 Å². The first kappa shape index (κ1) is 10.6. The van der Waals surface area contributed by atoms with Gasteiger partial charge in [0.2, 0.25) is 5.91 Å². The van der Waals surface area contributed by atoms with E-state index in [0.29, 0.717) is 13.0 Å². The van der Waals surface area contributed by atoms with E-state index in [4.69, 9.17) is 9.47 Å². The number of ether oxygens (including phenoxy) is 2. The van der Waals surface area contributed by atoms with Crippen molar-refractivity contribution in [2.45, 2.75) is 38.3 Å². The molecule has 2 fully saturated rings. The van der Waals surface area contributed by atoms with E-state index in [2.05, 4.69) is 11.9 Å². The maximum atomic E-state index is 11.1. The summed E-state index contributed by atoms with van der Waals surface area (Å²) in [4.78, 5) is 11.1. The smallest absolute Gasteiger partial charge is 0.220 e. The van der Waals surface area contributed by atoms with Crippen LogP contribution in [0.5, 0.6) is 0 Å². The lowest BCUT2D eigenvalue weighted by Crippen LogP contribution is -2.31. The highest BCUT2D eigenvalue weighted by atomic mass is 16.7. The number of rotatable bonds is 2. The molecule has 0 aliphatic carbocycles. The van der Waals surface area contributed by atoms with Gasteiger partial charge in [0.05, 0.1) is 6.10 Å². The molecule has 2 aliphatic rings. The van der Waals surface area contributed by atoms with Gasteiger partial charge in [-0.25, -0.2) is 0 Å². The van der Waals surface area contributed by atoms with Crippen LogP contribution in [0.4, 0.5) is 0 Å². The highest BCUT2D eigenvalue weighted by molar-refractivity contribution is 5.78. The zero-order valence-corrected chi connectivity index (χ0v) is 9.16. The summed E-state index contributed by atoms with van der Waals surface area (Å²) in [5.74, 6) is -0.284. The van der Waals surface area contributed by atoms with Crippen molar-refractivity contribution in [2.75, 3.05) is 6.54 Å². The van der Waals surface area contributed by atoms with Crippen molar-refractivity contribution in [2.24, 2.45) is 5.92 Å². The summed E-state index contributed by atoms with van der Waals surface area (Å²) < 4.78 is 11.5. The second-order valence-electron chi connectivity index (χ2n) is 4.57. The zero-order valence-electron chi connectivity index (χ0n) is 9.16. The van der Waals surface area contributed by atoms with Crippen LogP contribution in [-0.2, 0) is 14.3 Å². The van der Waals surface area contributed by atoms with Gasteiger partial charge < -0.3 is 14.8 Å². The summed E-state index contributed by atoms with van der Waals surface area (Å²) in [5, 5.41) is 2.81. The Labute approximate surface area is 89.6 Å². The molecule has 2 rings (SSSR count). The minimum absolute atomic E-state index is 0.0588. The zero-order chi connectivity index (χ0) is 11.1. The molecule has 1 N–H and O–H groups in total. The standard InChI is InChI=1S/C11H17NO3/c1-4-8-10(15-11(2,3)14-8)7-5-9(13)12-6-7/h4,7-8,10H,1,5-6H2,2-3H3,(H,12,13)/t7-,8-,10-/m1/s1. The maximum absolute atomic E-state index is 11.1. The lowest BCUT2D eigenvalue weighted by Gasteiger charge is -2.20. The van der Waals surface area contributed by atoms with Crippen molar-refractivity contribution in [1.29, 1.82) is 0 Å². The molecule has 0 aromatic carbocycles. The van der Waals surface area contributed by atoms with Gasteiger partial charge in [-0.05, 0) is 13.8 Å². The average Bonchev–Trinajstić information content (AvgIpc) is 2.69. The summed E-state index contributed by atoms with van der Waals surface area (Å²) in [6, 6.07) is 0. The Balaban J connectivity index is 2.08. The molecule has 0 unspecified atom stereocenters. The van der Waals surface area contributed by atoms with Crippen LogP contribution in [-0.4, -0.2) is 30.4 Å². The Morgan fingerprint density at radius 1 is 1.53 bits per heavy atom. The maximum Gasteiger partial charge on any atom is 0.220 e. The van der Waals surface area contributed by atoms with Crippen LogP contribution >= 0.6 is 0 Å². The van der Waals surface area contributed by atoms with Crippen molar-refractivity contribution < 1.29 is 14.3 Å². The predicted octanol–water partition coefficient (Wildman–Crippen LogP) is 0.829. The number of hydrogen-bond donors (Lipinski definition) is 1. The summed E-state index contributed by atoms with van der Waals surface area (Å²) in [6.45, 7) is 8.18. The molecule has 2 aliphatic heterocycles. The quantitative estimate of drug-likeness (QED) is 0.688. The third kappa shape index (κ3) is 2.06. The molecule has 4 nitrogen and oxygen atoms in total. The van der Waals surface area contributed by atoms with Crippen molar-refractivity contribution in [3.63, 3.8) is 0 Å². The van der Waals surface area contributed by atoms with Crippen molar-refractivity contribution >= 4 is 5.91 Å². The molecule has 2 saturated heterocycles. The largest absolute Gasteiger partial charge is 0.356 e. The fourth-order valence-electron chi connectivity index (χ4n) is 2.22. The summed E-state index contributed by atoms with van der Waals surface area (Å²) in [7, 11) is 0. The fourth-order valence-corrected chi connectivity index (χ4v) is 2.22. The predicted molar refractivity (Wildman–Crippen MR) is 55.1 cm³/mol. The van der Waals surface area contributed by atoms with Crippen molar-refractivity contribution in [3.05, 3.63) is 12.7 Å². The van der Waals surface area contributed by atoms with Crippen LogP contribution in [0.25, 0.3) is 0 Å². The molecule has 15 heavy (non-hydrogen) atoms. The molecule has 2 heterocycles. The van der Waals surface area contributed by atoms with Gasteiger partial charge in [0, 0.05) is 18.9 Å². The lowest BCUT2D eigenvalue weighted by molar-refractivity contribution is -0.147. The lowest BCUT2D eigenvalue weighted by atomic mass is 9.97. The van der Waals surface area contributed by atoms with Gasteiger partial charge in [0.15, 0.2) is 5.79 Å². The second kappa shape index (κ2) is 3.61. The number of amides is 1. The van der Waals surface area contributed by atoms with Crippen molar-refractivity contribution in [1.82, 2.24) is 5.32 Å². The molecule has 3 atom stereocenters. The van der Waals surface area contributed by atoms with Crippen LogP contribution in [0.2, 0.25) is 0 Å². The van der Waals surface area contributed by atoms with Crippen LogP contribution < -0.4 is 5.32 Å². The van der Waals surface area contributed by atoms with E-state index >= 15 is 0 Å². The van der Waals surface area contributed by atoms with E-state index in [-0.39, 0.29) is 24.0 Å². The van der Waals surface area contributed by atoms with E-state index < -0.39 is 5.79 Å². The van der Waals surface area contributed by atoms with Crippen molar-refractivity contribution in [3.8, 4) is 0 Å². The number of hydrogen-bond acceptors (Lipinski definition) is 3. The Morgan fingerprint density at radius 3 is 2.80 bits per heavy atom. The molecule has 4 heteroatoms. The average molecular weight is 211 g/mol. The third-order valence-corrected chi connectivity index (χ3v) is 2.87. The van der Waals surface area contributed by atoms with Gasteiger partial charge >= 0.3 is 0 Å². The Bertz CT molecular complexity index is 288. The molecule has 1 amide bonds. The summed E-state index contributed by atoms with van der Waals surface area (Å²) in [5.41, 5.74) is 0. The van der Waals surface area contributed by atoms with E-state index in [1.54, 1.807) is 6.08 Å². The van der Waals surface area contributed by atoms with E-state index in [1.807, 2.05) is 13.8 Å². The molecular formula is C11H17NO3. The molecular weight excluding hydrogens is 194 g/mol. The summed E-state index contributed by atoms with van der Waals surface area (Å²) >= 11 is 0. The number of carbonyl (C=O) groups excluding carboxylic acids is 1. The molecule has 0 radical (unpaired) electrons. The van der Waals surface area contributed by atoms with E-state index in [1.165, 1.54) is 0 Å². The fraction of sp³-hybridized carbons (Fsp3) is 0.727. The first-order chi connectivity index (χ1) is 7.02. The van der Waals surface area contributed by atoms with Gasteiger partial charge in [-0.3, -0.25) is 4.79 Å². The highest BCUT2D eigenvalue weighted by Gasteiger charge is 2.45. The molecule has 0 aromatic heterocycles. The van der Waals surface area contributed by atoms with Crippen LogP contribution in [0.15, 0.2) is 12.7 Å². The van der Waals surface area contributed by atoms with Gasteiger partial charge in [-0.2, -0.15) is 0 Å². The molecule has 0 spiro atoms. The minimum Gasteiger partial charge on any atom is -0.356 e. The second-order valence-corrected chi connectivity index (χ2v) is 4.57. The molecule has 0 bridgehead atoms. The normalized spacial score (nSPS) is 39.1. The van der Waals surface area contributed by atoms with Gasteiger partial charge in [-0.15, -0.1) is 6.58 Å². The molecule has 0 saturated carbocycles. The van der Waals surface area contributed by atoms with E-state index in [9.17, 15) is 4.79 Å². The van der Waals surface area contributed by atoms with E-state index in [0.717, 1.165) is 0 Å². The third-order valence-electron chi connectivity index (χ3n) is 2.87. The van der Waals surface area contributed by atoms with Gasteiger partial charge in [0.1, 0.15) is 6.10 Å². The van der Waals surface area contributed by atoms with Crippen LogP contribution in [0, 0.1) is 5.92 Å². The Hall–Kier alpha value is -0.870. The first-order valence-corrected chi connectivity index (χ1v) is 5.27. The molecule has 84 valence electrons. The van der Waals surface area contributed by atoms with Gasteiger partial charge in [-0.1, -0.05) is 6.08 Å². The Kier molecular flexibility index (Phi) is 2.56. The first-order valence-electron chi connectivity index (χ1n) is 5.27. The number of carbonyl (C=O) groups is 1. The van der Waals surface area contributed by atoms with Gasteiger partial charge in [0.25, 0.3) is 0 Å². The van der Waals surface area contributed by atoms with Crippen LogP contribution in [0.3, 0.4) is 0 Å². The Morgan fingerprint density at radius 2 is 2.27 bits per heavy atom. The molecule has 0 aromatic rings.